The Kier molecular flexibility index (Phi) is 6.79. The third-order valence-electron chi connectivity index (χ3n) is 2.51. The van der Waals surface area contributed by atoms with E-state index < -0.39 is 0 Å². The van der Waals surface area contributed by atoms with E-state index in [1.165, 1.54) is 0 Å². The van der Waals surface area contributed by atoms with Crippen molar-refractivity contribution >= 4 is 11.6 Å². The molecule has 5 heteroatoms. The number of rotatable bonds is 8. The Bertz CT molecular complexity index is 369. The molecule has 0 aromatic carbocycles. The first-order chi connectivity index (χ1) is 8.79. The van der Waals surface area contributed by atoms with Gasteiger partial charge in [0.2, 0.25) is 0 Å². The molecule has 1 rings (SSSR count). The molecular weight excluding hydrogens is 230 g/mol. The minimum absolute atomic E-state index is 0.110. The van der Waals surface area contributed by atoms with Crippen molar-refractivity contribution < 1.29 is 9.53 Å². The zero-order chi connectivity index (χ0) is 13.2. The highest BCUT2D eigenvalue weighted by Gasteiger charge is 2.09. The van der Waals surface area contributed by atoms with E-state index in [4.69, 9.17) is 4.74 Å². The number of nitrogens with one attached hydrogen (secondary N) is 2. The maximum absolute atomic E-state index is 11.9. The molecule has 0 aliphatic carbocycles. The van der Waals surface area contributed by atoms with Crippen LogP contribution in [0, 0.1) is 0 Å². The first kappa shape index (κ1) is 14.4. The van der Waals surface area contributed by atoms with E-state index in [1.807, 2.05) is 0 Å². The monoisotopic (exact) mass is 251 g/mol. The summed E-state index contributed by atoms with van der Waals surface area (Å²) in [6.45, 7) is 3.94. The quantitative estimate of drug-likeness (QED) is 0.690. The van der Waals surface area contributed by atoms with Gasteiger partial charge in [0.15, 0.2) is 0 Å². The molecule has 2 N–H and O–H groups in total. The normalized spacial score (nSPS) is 10.1. The molecule has 5 nitrogen and oxygen atoms in total. The summed E-state index contributed by atoms with van der Waals surface area (Å²) < 4.78 is 5.37. The van der Waals surface area contributed by atoms with Crippen molar-refractivity contribution in [2.24, 2.45) is 0 Å². The van der Waals surface area contributed by atoms with Gasteiger partial charge in [-0.3, -0.25) is 9.78 Å². The fourth-order valence-electron chi connectivity index (χ4n) is 1.47. The topological polar surface area (TPSA) is 63.2 Å². The number of carbonyl (C=O) groups is 1. The van der Waals surface area contributed by atoms with Crippen LogP contribution in [-0.4, -0.2) is 37.7 Å². The Balaban J connectivity index is 2.32. The first-order valence-corrected chi connectivity index (χ1v) is 6.27. The summed E-state index contributed by atoms with van der Waals surface area (Å²) in [5.74, 6) is -0.110. The van der Waals surface area contributed by atoms with Crippen LogP contribution in [0.4, 0.5) is 5.69 Å². The zero-order valence-corrected chi connectivity index (χ0v) is 11.0. The second kappa shape index (κ2) is 8.47. The van der Waals surface area contributed by atoms with Crippen LogP contribution < -0.4 is 10.6 Å². The molecule has 0 saturated carbocycles. The van der Waals surface area contributed by atoms with Gasteiger partial charge in [0.1, 0.15) is 0 Å². The third-order valence-corrected chi connectivity index (χ3v) is 2.51. The molecule has 0 bridgehead atoms. The molecule has 100 valence electrons. The van der Waals surface area contributed by atoms with Gasteiger partial charge in [-0.1, -0.05) is 13.3 Å². The summed E-state index contributed by atoms with van der Waals surface area (Å²) >= 11 is 0. The minimum Gasteiger partial charge on any atom is -0.386 e. The lowest BCUT2D eigenvalue weighted by atomic mass is 10.2. The molecule has 0 spiro atoms. The van der Waals surface area contributed by atoms with Crippen molar-refractivity contribution in [3.05, 3.63) is 24.0 Å². The van der Waals surface area contributed by atoms with Crippen molar-refractivity contribution in [1.29, 1.82) is 0 Å². The molecule has 1 heterocycles. The number of pyridine rings is 1. The second-order valence-electron chi connectivity index (χ2n) is 3.89. The number of aromatic nitrogens is 1. The lowest BCUT2D eigenvalue weighted by molar-refractivity contribution is 0.0913. The fraction of sp³-hybridized carbons (Fsp3) is 0.538. The van der Waals surface area contributed by atoms with Crippen LogP contribution in [-0.2, 0) is 4.74 Å². The van der Waals surface area contributed by atoms with Gasteiger partial charge in [-0.15, -0.1) is 0 Å². The molecular formula is C13H21N3O2. The van der Waals surface area contributed by atoms with Crippen LogP contribution in [0.1, 0.15) is 30.1 Å². The largest absolute Gasteiger partial charge is 0.386 e. The molecule has 0 aliphatic rings. The van der Waals surface area contributed by atoms with Gasteiger partial charge in [-0.25, -0.2) is 0 Å². The van der Waals surface area contributed by atoms with Gasteiger partial charge in [0, 0.05) is 26.4 Å². The Morgan fingerprint density at radius 2 is 2.28 bits per heavy atom. The number of ether oxygens (including phenoxy) is 1. The highest BCUT2D eigenvalue weighted by molar-refractivity contribution is 5.99. The minimum atomic E-state index is -0.110. The number of unbranched alkanes of at least 4 members (excludes halogenated alkanes) is 1. The van der Waals surface area contributed by atoms with Crippen LogP contribution in [0.15, 0.2) is 18.5 Å². The molecule has 0 atom stereocenters. The van der Waals surface area contributed by atoms with Crippen molar-refractivity contribution in [1.82, 2.24) is 10.3 Å². The maximum Gasteiger partial charge on any atom is 0.253 e. The van der Waals surface area contributed by atoms with Gasteiger partial charge in [0.05, 0.1) is 24.1 Å². The lowest BCUT2D eigenvalue weighted by Gasteiger charge is -2.09. The van der Waals surface area contributed by atoms with E-state index in [1.54, 1.807) is 25.5 Å². The predicted octanol–water partition coefficient (Wildman–Crippen LogP) is 1.67. The van der Waals surface area contributed by atoms with Crippen molar-refractivity contribution in [3.8, 4) is 0 Å². The van der Waals surface area contributed by atoms with Gasteiger partial charge in [0.25, 0.3) is 5.91 Å². The average molecular weight is 251 g/mol. The van der Waals surface area contributed by atoms with Gasteiger partial charge < -0.3 is 15.4 Å². The molecule has 1 aromatic heterocycles. The van der Waals surface area contributed by atoms with E-state index in [0.717, 1.165) is 25.1 Å². The number of anilines is 1. The van der Waals surface area contributed by atoms with Crippen LogP contribution in [0.3, 0.4) is 0 Å². The highest BCUT2D eigenvalue weighted by Crippen LogP contribution is 2.11. The molecule has 0 unspecified atom stereocenters. The van der Waals surface area contributed by atoms with Crippen molar-refractivity contribution in [3.63, 3.8) is 0 Å². The standard InChI is InChI=1S/C13H21N3O2/c1-3-4-8-18-9-7-16-13(17)11-5-6-15-10-12(11)14-2/h5-6,10,14H,3-4,7-9H2,1-2H3,(H,16,17). The van der Waals surface area contributed by atoms with E-state index in [-0.39, 0.29) is 5.91 Å². The third kappa shape index (κ3) is 4.71. The van der Waals surface area contributed by atoms with Crippen molar-refractivity contribution in [2.45, 2.75) is 19.8 Å². The molecule has 0 fully saturated rings. The lowest BCUT2D eigenvalue weighted by Crippen LogP contribution is -2.28. The summed E-state index contributed by atoms with van der Waals surface area (Å²) in [5.41, 5.74) is 1.32. The van der Waals surface area contributed by atoms with E-state index in [9.17, 15) is 4.79 Å². The maximum atomic E-state index is 11.9. The Hall–Kier alpha value is -1.62. The van der Waals surface area contributed by atoms with Gasteiger partial charge in [-0.05, 0) is 12.5 Å². The second-order valence-corrected chi connectivity index (χ2v) is 3.89. The smallest absolute Gasteiger partial charge is 0.253 e. The molecule has 18 heavy (non-hydrogen) atoms. The SMILES string of the molecule is CCCCOCCNC(=O)c1ccncc1NC. The number of hydrogen-bond donors (Lipinski definition) is 2. The summed E-state index contributed by atoms with van der Waals surface area (Å²) in [5, 5.41) is 5.76. The van der Waals surface area contributed by atoms with Crippen LogP contribution in [0.5, 0.6) is 0 Å². The molecule has 0 saturated heterocycles. The number of carbonyl (C=O) groups excluding carboxylic acids is 1. The number of hydrogen-bond acceptors (Lipinski definition) is 4. The number of nitrogens with zero attached hydrogens (tertiary/aromatic N) is 1. The molecule has 1 aromatic rings. The van der Waals surface area contributed by atoms with Crippen LogP contribution in [0.25, 0.3) is 0 Å². The summed E-state index contributed by atoms with van der Waals surface area (Å²) in [6.07, 6.45) is 5.41. The van der Waals surface area contributed by atoms with Crippen LogP contribution in [0.2, 0.25) is 0 Å². The summed E-state index contributed by atoms with van der Waals surface area (Å²) in [4.78, 5) is 15.8. The Morgan fingerprint density at radius 1 is 1.44 bits per heavy atom. The Morgan fingerprint density at radius 3 is 3.00 bits per heavy atom. The van der Waals surface area contributed by atoms with Gasteiger partial charge >= 0.3 is 0 Å². The van der Waals surface area contributed by atoms with E-state index in [0.29, 0.717) is 18.7 Å². The van der Waals surface area contributed by atoms with E-state index >= 15 is 0 Å². The zero-order valence-electron chi connectivity index (χ0n) is 11.0. The molecule has 0 aliphatic heterocycles. The van der Waals surface area contributed by atoms with Gasteiger partial charge in [-0.2, -0.15) is 0 Å². The summed E-state index contributed by atoms with van der Waals surface area (Å²) in [7, 11) is 1.77. The summed E-state index contributed by atoms with van der Waals surface area (Å²) in [6, 6.07) is 1.69. The molecule has 1 amide bonds. The average Bonchev–Trinajstić information content (AvgIpc) is 2.42. The fourth-order valence-corrected chi connectivity index (χ4v) is 1.47. The van der Waals surface area contributed by atoms with E-state index in [2.05, 4.69) is 22.5 Å². The van der Waals surface area contributed by atoms with Crippen LogP contribution >= 0.6 is 0 Å². The predicted molar refractivity (Wildman–Crippen MR) is 71.8 cm³/mol. The molecule has 0 radical (unpaired) electrons. The first-order valence-electron chi connectivity index (χ1n) is 6.27. The van der Waals surface area contributed by atoms with Crippen molar-refractivity contribution in [2.75, 3.05) is 32.1 Å². The highest BCUT2D eigenvalue weighted by atomic mass is 16.5. The Labute approximate surface area is 108 Å². The number of amides is 1.